The van der Waals surface area contributed by atoms with Gasteiger partial charge in [0.2, 0.25) is 0 Å². The summed E-state index contributed by atoms with van der Waals surface area (Å²) < 4.78 is 1.09. The van der Waals surface area contributed by atoms with Crippen LogP contribution in [0.5, 0.6) is 0 Å². The third-order valence-corrected chi connectivity index (χ3v) is 7.00. The standard InChI is InChI=1S/C23H38N/c1-17(2)18-9-11-20-19(15-18)10-12-21-22(3,16-24(5,6)7)13-8-14-23(20,21)4/h9,11,15,17,21H,8,10,12-14,16H2,1-7H3/q+1/t21-,22+,23-/m1/s1. The molecule has 1 heteroatoms. The molecule has 0 bridgehead atoms. The highest BCUT2D eigenvalue weighted by Crippen LogP contribution is 2.57. The van der Waals surface area contributed by atoms with Crippen LogP contribution in [0.4, 0.5) is 0 Å². The Balaban J connectivity index is 2.00. The maximum Gasteiger partial charge on any atom is 0.0837 e. The Morgan fingerprint density at radius 2 is 1.83 bits per heavy atom. The molecule has 0 heterocycles. The van der Waals surface area contributed by atoms with E-state index in [1.165, 1.54) is 44.2 Å². The second-order valence-electron chi connectivity index (χ2n) is 10.5. The van der Waals surface area contributed by atoms with Gasteiger partial charge in [0.25, 0.3) is 0 Å². The largest absolute Gasteiger partial charge is 0.330 e. The predicted octanol–water partition coefficient (Wildman–Crippen LogP) is 5.53. The van der Waals surface area contributed by atoms with Crippen LogP contribution in [0, 0.1) is 11.3 Å². The Hall–Kier alpha value is -0.820. The van der Waals surface area contributed by atoms with Crippen LogP contribution < -0.4 is 0 Å². The van der Waals surface area contributed by atoms with E-state index in [1.807, 2.05) is 0 Å². The van der Waals surface area contributed by atoms with E-state index in [0.717, 1.165) is 10.4 Å². The molecular weight excluding hydrogens is 290 g/mol. The topological polar surface area (TPSA) is 0 Å². The summed E-state index contributed by atoms with van der Waals surface area (Å²) in [7, 11) is 7.09. The van der Waals surface area contributed by atoms with Crippen molar-refractivity contribution in [3.8, 4) is 0 Å². The molecule has 134 valence electrons. The van der Waals surface area contributed by atoms with Gasteiger partial charge >= 0.3 is 0 Å². The number of hydrogen-bond acceptors (Lipinski definition) is 0. The maximum absolute atomic E-state index is 2.59. The highest BCUT2D eigenvalue weighted by atomic mass is 15.3. The van der Waals surface area contributed by atoms with E-state index in [2.05, 4.69) is 67.0 Å². The van der Waals surface area contributed by atoms with Crippen LogP contribution in [-0.4, -0.2) is 32.2 Å². The summed E-state index contributed by atoms with van der Waals surface area (Å²) in [6.07, 6.45) is 6.82. The van der Waals surface area contributed by atoms with E-state index in [9.17, 15) is 0 Å². The van der Waals surface area contributed by atoms with E-state index in [0.29, 0.717) is 16.7 Å². The molecule has 2 aliphatic rings. The number of rotatable bonds is 3. The quantitative estimate of drug-likeness (QED) is 0.640. The van der Waals surface area contributed by atoms with Crippen molar-refractivity contribution in [2.24, 2.45) is 11.3 Å². The van der Waals surface area contributed by atoms with Crippen molar-refractivity contribution in [1.29, 1.82) is 0 Å². The molecule has 0 aliphatic heterocycles. The van der Waals surface area contributed by atoms with E-state index in [-0.39, 0.29) is 0 Å². The van der Waals surface area contributed by atoms with E-state index >= 15 is 0 Å². The number of nitrogens with zero attached hydrogens (tertiary/aromatic N) is 1. The minimum absolute atomic E-state index is 0.380. The van der Waals surface area contributed by atoms with E-state index in [1.54, 1.807) is 11.1 Å². The number of benzene rings is 1. The van der Waals surface area contributed by atoms with Crippen molar-refractivity contribution in [2.75, 3.05) is 27.7 Å². The molecule has 0 spiro atoms. The van der Waals surface area contributed by atoms with Gasteiger partial charge in [-0.15, -0.1) is 0 Å². The lowest BCUT2D eigenvalue weighted by Gasteiger charge is -2.56. The molecule has 0 N–H and O–H groups in total. The number of aryl methyl sites for hydroxylation is 1. The Morgan fingerprint density at radius 1 is 1.12 bits per heavy atom. The zero-order valence-electron chi connectivity index (χ0n) is 17.1. The summed E-state index contributed by atoms with van der Waals surface area (Å²) in [5.74, 6) is 1.46. The predicted molar refractivity (Wildman–Crippen MR) is 105 cm³/mol. The molecule has 24 heavy (non-hydrogen) atoms. The summed E-state index contributed by atoms with van der Waals surface area (Å²) in [6.45, 7) is 11.1. The van der Waals surface area contributed by atoms with Crippen LogP contribution in [0.2, 0.25) is 0 Å². The Labute approximate surface area is 150 Å². The fraction of sp³-hybridized carbons (Fsp3) is 0.739. The second kappa shape index (κ2) is 5.87. The van der Waals surface area contributed by atoms with Gasteiger partial charge in [0.05, 0.1) is 27.7 Å². The van der Waals surface area contributed by atoms with E-state index < -0.39 is 0 Å². The molecule has 0 saturated heterocycles. The highest BCUT2D eigenvalue weighted by molar-refractivity contribution is 5.42. The molecule has 1 fully saturated rings. The first kappa shape index (κ1) is 18.0. The van der Waals surface area contributed by atoms with Crippen molar-refractivity contribution >= 4 is 0 Å². The maximum atomic E-state index is 2.59. The Bertz CT molecular complexity index is 609. The van der Waals surface area contributed by atoms with Gasteiger partial charge in [-0.2, -0.15) is 0 Å². The molecule has 3 rings (SSSR count). The van der Waals surface area contributed by atoms with Crippen LogP contribution in [0.1, 0.15) is 76.0 Å². The second-order valence-corrected chi connectivity index (χ2v) is 10.5. The zero-order chi connectivity index (χ0) is 17.8. The summed E-state index contributed by atoms with van der Waals surface area (Å²) in [5.41, 5.74) is 5.69. The average Bonchev–Trinajstić information content (AvgIpc) is 2.44. The molecule has 0 aromatic heterocycles. The Kier molecular flexibility index (Phi) is 4.40. The van der Waals surface area contributed by atoms with Crippen molar-refractivity contribution in [1.82, 2.24) is 0 Å². The van der Waals surface area contributed by atoms with Gasteiger partial charge in [0.1, 0.15) is 0 Å². The molecular formula is C23H38N+. The summed E-state index contributed by atoms with van der Waals surface area (Å²) >= 11 is 0. The lowest BCUT2D eigenvalue weighted by Crippen LogP contribution is -2.55. The number of quaternary nitrogens is 1. The summed E-state index contributed by atoms with van der Waals surface area (Å²) in [6, 6.07) is 7.42. The van der Waals surface area contributed by atoms with Gasteiger partial charge in [-0.1, -0.05) is 52.3 Å². The number of hydrogen-bond donors (Lipinski definition) is 0. The van der Waals surface area contributed by atoms with Crippen molar-refractivity contribution in [3.63, 3.8) is 0 Å². The van der Waals surface area contributed by atoms with Gasteiger partial charge in [0, 0.05) is 5.41 Å². The molecule has 1 aromatic rings. The van der Waals surface area contributed by atoms with Crippen LogP contribution in [0.25, 0.3) is 0 Å². The molecule has 1 saturated carbocycles. The molecule has 2 aliphatic carbocycles. The van der Waals surface area contributed by atoms with Gasteiger partial charge in [-0.25, -0.2) is 0 Å². The van der Waals surface area contributed by atoms with Gasteiger partial charge in [-0.05, 0) is 59.6 Å². The molecule has 3 atom stereocenters. The fourth-order valence-electron chi connectivity index (χ4n) is 6.28. The third-order valence-electron chi connectivity index (χ3n) is 7.00. The van der Waals surface area contributed by atoms with Crippen LogP contribution >= 0.6 is 0 Å². The number of fused-ring (bicyclic) bond motifs is 3. The molecule has 1 aromatic carbocycles. The lowest BCUT2D eigenvalue weighted by molar-refractivity contribution is -0.878. The Morgan fingerprint density at radius 3 is 2.46 bits per heavy atom. The third kappa shape index (κ3) is 3.05. The first-order chi connectivity index (χ1) is 11.1. The smallest absolute Gasteiger partial charge is 0.0837 e. The lowest BCUT2D eigenvalue weighted by atomic mass is 9.49. The zero-order valence-corrected chi connectivity index (χ0v) is 17.1. The van der Waals surface area contributed by atoms with Crippen LogP contribution in [0.15, 0.2) is 18.2 Å². The van der Waals surface area contributed by atoms with Gasteiger partial charge in [0.15, 0.2) is 0 Å². The average molecular weight is 329 g/mol. The van der Waals surface area contributed by atoms with Crippen molar-refractivity contribution in [3.05, 3.63) is 34.9 Å². The van der Waals surface area contributed by atoms with Gasteiger partial charge < -0.3 is 4.48 Å². The minimum Gasteiger partial charge on any atom is -0.330 e. The van der Waals surface area contributed by atoms with E-state index in [4.69, 9.17) is 0 Å². The summed E-state index contributed by atoms with van der Waals surface area (Å²) in [5, 5.41) is 0. The molecule has 0 unspecified atom stereocenters. The minimum atomic E-state index is 0.380. The monoisotopic (exact) mass is 328 g/mol. The SMILES string of the molecule is CC(C)c1ccc2c(c1)CC[C@@H]1[C@](C)(C[N+](C)(C)C)CCC[C@]21C. The molecule has 1 nitrogen and oxygen atoms in total. The first-order valence-corrected chi connectivity index (χ1v) is 9.99. The normalized spacial score (nSPS) is 33.2. The first-order valence-electron chi connectivity index (χ1n) is 9.99. The highest BCUT2D eigenvalue weighted by Gasteiger charge is 2.53. The summed E-state index contributed by atoms with van der Waals surface area (Å²) in [4.78, 5) is 0. The van der Waals surface area contributed by atoms with Crippen molar-refractivity contribution < 1.29 is 4.48 Å². The fourth-order valence-corrected chi connectivity index (χ4v) is 6.28. The molecule has 0 amide bonds. The van der Waals surface area contributed by atoms with Crippen LogP contribution in [0.3, 0.4) is 0 Å². The van der Waals surface area contributed by atoms with Crippen molar-refractivity contribution in [2.45, 2.75) is 71.1 Å². The molecule has 0 radical (unpaired) electrons. The van der Waals surface area contributed by atoms with Crippen LogP contribution in [-0.2, 0) is 11.8 Å². The van der Waals surface area contributed by atoms with Gasteiger partial charge in [-0.3, -0.25) is 0 Å².